The summed E-state index contributed by atoms with van der Waals surface area (Å²) in [7, 11) is 0. The maximum Gasteiger partial charge on any atom is 0.127 e. The molecule has 0 aliphatic rings. The van der Waals surface area contributed by atoms with Crippen LogP contribution >= 0.6 is 0 Å². The summed E-state index contributed by atoms with van der Waals surface area (Å²) in [4.78, 5) is 5.39. The first-order chi connectivity index (χ1) is 22.9. The van der Waals surface area contributed by atoms with Crippen LogP contribution in [0.3, 0.4) is 0 Å². The zero-order chi connectivity index (χ0) is 32.6. The highest BCUT2D eigenvalue weighted by Gasteiger charge is 2.07. The summed E-state index contributed by atoms with van der Waals surface area (Å²) in [6, 6.07) is 11.8. The molecular weight excluding hydrogens is 600 g/mol. The van der Waals surface area contributed by atoms with Crippen LogP contribution < -0.4 is 20.1 Å². The standard InChI is InChI=1S/C30H48N8O8/c31-37-35-9-7-33-11-13-39-15-17-41-19-21-43-23-25-45-29-5-1-3-27-28(29)4-2-6-30(27)46-26-24-44-22-20-42-18-16-40-14-12-34-8-10-36-38-32/h1-6,33-34H,7-26H2. The van der Waals surface area contributed by atoms with Gasteiger partial charge in [0.05, 0.1) is 79.3 Å². The lowest BCUT2D eigenvalue weighted by molar-refractivity contribution is 0.00989. The SMILES string of the molecule is [N-]=[N+]=NCCNCCOCCOCCOCCOc1cccc2c(OCCOCCOCCOCCNCCN=[N+]=[N-])cccc12. The van der Waals surface area contributed by atoms with E-state index in [4.69, 9.17) is 49.0 Å². The minimum absolute atomic E-state index is 0.416. The normalized spacial score (nSPS) is 10.9. The lowest BCUT2D eigenvalue weighted by Gasteiger charge is -2.13. The minimum Gasteiger partial charge on any atom is -0.491 e. The van der Waals surface area contributed by atoms with E-state index in [2.05, 4.69) is 30.7 Å². The summed E-state index contributed by atoms with van der Waals surface area (Å²) in [6.45, 7) is 10.3. The van der Waals surface area contributed by atoms with E-state index >= 15 is 0 Å². The van der Waals surface area contributed by atoms with Crippen molar-refractivity contribution in [1.82, 2.24) is 10.6 Å². The van der Waals surface area contributed by atoms with Crippen LogP contribution in [0.2, 0.25) is 0 Å². The highest BCUT2D eigenvalue weighted by atomic mass is 16.6. The molecule has 46 heavy (non-hydrogen) atoms. The van der Waals surface area contributed by atoms with Crippen molar-refractivity contribution in [3.8, 4) is 11.5 Å². The number of azide groups is 2. The molecule has 2 aromatic carbocycles. The average Bonchev–Trinajstić information content (AvgIpc) is 3.08. The van der Waals surface area contributed by atoms with Crippen molar-refractivity contribution in [2.45, 2.75) is 0 Å². The largest absolute Gasteiger partial charge is 0.491 e. The van der Waals surface area contributed by atoms with Crippen molar-refractivity contribution in [2.75, 3.05) is 132 Å². The Hall–Kier alpha value is -3.40. The first-order valence-corrected chi connectivity index (χ1v) is 15.5. The second-order valence-corrected chi connectivity index (χ2v) is 9.39. The molecule has 2 aromatic rings. The Bertz CT molecular complexity index is 1050. The topological polar surface area (TPSA) is 195 Å². The van der Waals surface area contributed by atoms with Crippen LogP contribution in [0.1, 0.15) is 0 Å². The van der Waals surface area contributed by atoms with E-state index in [1.54, 1.807) is 0 Å². The molecule has 16 heteroatoms. The highest BCUT2D eigenvalue weighted by molar-refractivity contribution is 5.93. The number of nitrogens with zero attached hydrogens (tertiary/aromatic N) is 6. The quantitative estimate of drug-likeness (QED) is 0.0513. The molecule has 0 spiro atoms. The lowest BCUT2D eigenvalue weighted by Crippen LogP contribution is -2.23. The number of hydrogen-bond acceptors (Lipinski definition) is 12. The van der Waals surface area contributed by atoms with Gasteiger partial charge >= 0.3 is 0 Å². The van der Waals surface area contributed by atoms with E-state index in [9.17, 15) is 0 Å². The molecule has 0 bridgehead atoms. The molecule has 0 aliphatic heterocycles. The van der Waals surface area contributed by atoms with Crippen molar-refractivity contribution in [3.63, 3.8) is 0 Å². The Balaban J connectivity index is 1.47. The maximum atomic E-state index is 8.20. The predicted molar refractivity (Wildman–Crippen MR) is 174 cm³/mol. The Kier molecular flexibility index (Phi) is 24.5. The molecule has 2 N–H and O–H groups in total. The Morgan fingerprint density at radius 2 is 0.804 bits per heavy atom. The van der Waals surface area contributed by atoms with E-state index in [0.717, 1.165) is 22.3 Å². The molecule has 0 saturated heterocycles. The number of benzene rings is 2. The van der Waals surface area contributed by atoms with Crippen molar-refractivity contribution in [3.05, 3.63) is 57.3 Å². The summed E-state index contributed by atoms with van der Waals surface area (Å²) in [5.74, 6) is 1.54. The summed E-state index contributed by atoms with van der Waals surface area (Å²) in [5, 5.41) is 15.1. The molecule has 2 rings (SSSR count). The Morgan fingerprint density at radius 3 is 1.17 bits per heavy atom. The van der Waals surface area contributed by atoms with Gasteiger partial charge in [-0.1, -0.05) is 34.5 Å². The number of rotatable bonds is 32. The van der Waals surface area contributed by atoms with Crippen molar-refractivity contribution in [1.29, 1.82) is 0 Å². The van der Waals surface area contributed by atoms with E-state index in [-0.39, 0.29) is 0 Å². The van der Waals surface area contributed by atoms with E-state index in [1.165, 1.54) is 0 Å². The van der Waals surface area contributed by atoms with Gasteiger partial charge in [-0.3, -0.25) is 0 Å². The third kappa shape index (κ3) is 19.9. The molecule has 0 aromatic heterocycles. The van der Waals surface area contributed by atoms with Gasteiger partial charge in [0, 0.05) is 59.9 Å². The molecular formula is C30H48N8O8. The lowest BCUT2D eigenvalue weighted by atomic mass is 10.1. The van der Waals surface area contributed by atoms with Gasteiger partial charge in [0.25, 0.3) is 0 Å². The van der Waals surface area contributed by atoms with Crippen molar-refractivity contribution in [2.24, 2.45) is 10.2 Å². The molecule has 0 fully saturated rings. The monoisotopic (exact) mass is 648 g/mol. The van der Waals surface area contributed by atoms with Crippen LogP contribution in [0, 0.1) is 0 Å². The number of ether oxygens (including phenoxy) is 8. The van der Waals surface area contributed by atoms with Gasteiger partial charge in [0.15, 0.2) is 0 Å². The number of nitrogens with one attached hydrogen (secondary N) is 2. The third-order valence-corrected chi connectivity index (χ3v) is 6.05. The molecule has 0 amide bonds. The van der Waals surface area contributed by atoms with Gasteiger partial charge < -0.3 is 48.5 Å². The first kappa shape index (κ1) is 38.8. The zero-order valence-corrected chi connectivity index (χ0v) is 26.6. The van der Waals surface area contributed by atoms with Gasteiger partial charge in [-0.15, -0.1) is 0 Å². The van der Waals surface area contributed by atoms with E-state index in [1.807, 2.05) is 36.4 Å². The van der Waals surface area contributed by atoms with Crippen LogP contribution in [-0.2, 0) is 28.4 Å². The van der Waals surface area contributed by atoms with E-state index in [0.29, 0.717) is 132 Å². The van der Waals surface area contributed by atoms with Crippen molar-refractivity contribution < 1.29 is 37.9 Å². The summed E-state index contributed by atoms with van der Waals surface area (Å²) in [5.41, 5.74) is 16.4. The van der Waals surface area contributed by atoms with Gasteiger partial charge in [0.1, 0.15) is 24.7 Å². The van der Waals surface area contributed by atoms with Gasteiger partial charge in [-0.05, 0) is 23.2 Å². The van der Waals surface area contributed by atoms with Crippen molar-refractivity contribution >= 4 is 10.8 Å². The highest BCUT2D eigenvalue weighted by Crippen LogP contribution is 2.32. The molecule has 0 atom stereocenters. The number of fused-ring (bicyclic) bond motifs is 1. The van der Waals surface area contributed by atoms with Crippen LogP contribution in [-0.4, -0.2) is 132 Å². The third-order valence-electron chi connectivity index (χ3n) is 6.05. The molecule has 0 saturated carbocycles. The fraction of sp³-hybridized carbons (Fsp3) is 0.667. The van der Waals surface area contributed by atoms with Crippen LogP contribution in [0.5, 0.6) is 11.5 Å². The molecule has 0 unspecified atom stereocenters. The second-order valence-electron chi connectivity index (χ2n) is 9.39. The van der Waals surface area contributed by atoms with Gasteiger partial charge in [0.2, 0.25) is 0 Å². The van der Waals surface area contributed by atoms with Gasteiger partial charge in [-0.25, -0.2) is 0 Å². The average molecular weight is 649 g/mol. The smallest absolute Gasteiger partial charge is 0.127 e. The Morgan fingerprint density at radius 1 is 0.457 bits per heavy atom. The molecule has 0 heterocycles. The molecule has 256 valence electrons. The van der Waals surface area contributed by atoms with E-state index < -0.39 is 0 Å². The molecule has 16 nitrogen and oxygen atoms in total. The zero-order valence-electron chi connectivity index (χ0n) is 26.6. The van der Waals surface area contributed by atoms with Crippen LogP contribution in [0.4, 0.5) is 0 Å². The summed E-state index contributed by atoms with van der Waals surface area (Å²) >= 11 is 0. The number of hydrogen-bond donors (Lipinski definition) is 2. The maximum absolute atomic E-state index is 8.20. The van der Waals surface area contributed by atoms with Gasteiger partial charge in [-0.2, -0.15) is 0 Å². The molecule has 0 aliphatic carbocycles. The second kappa shape index (κ2) is 29.0. The minimum atomic E-state index is 0.416. The first-order valence-electron chi connectivity index (χ1n) is 15.5. The Labute approximate surface area is 270 Å². The fourth-order valence-electron chi connectivity index (χ4n) is 3.90. The fourth-order valence-corrected chi connectivity index (χ4v) is 3.90. The summed E-state index contributed by atoms with van der Waals surface area (Å²) < 4.78 is 45.2. The summed E-state index contributed by atoms with van der Waals surface area (Å²) in [6.07, 6.45) is 0. The van der Waals surface area contributed by atoms with Crippen LogP contribution in [0.15, 0.2) is 46.6 Å². The predicted octanol–water partition coefficient (Wildman–Crippen LogP) is 3.50. The van der Waals surface area contributed by atoms with Crippen LogP contribution in [0.25, 0.3) is 31.7 Å². The molecule has 0 radical (unpaired) electrons.